The van der Waals surface area contributed by atoms with E-state index >= 15 is 0 Å². The van der Waals surface area contributed by atoms with Crippen molar-refractivity contribution < 1.29 is 18.7 Å². The lowest BCUT2D eigenvalue weighted by atomic mass is 10.1. The number of halogens is 2. The Hall–Kier alpha value is -3.01. The molecule has 2 atom stereocenters. The molecule has 0 unspecified atom stereocenters. The number of aromatic nitrogens is 2. The second-order valence-corrected chi connectivity index (χ2v) is 8.09. The fraction of sp³-hybridized carbons (Fsp3) is 0.348. The number of benzene rings is 2. The minimum Gasteiger partial charge on any atom is -0.496 e. The van der Waals surface area contributed by atoms with Gasteiger partial charge in [-0.25, -0.2) is 14.4 Å². The molecule has 0 radical (unpaired) electrons. The molecular weight excluding hydrogens is 449 g/mol. The smallest absolute Gasteiger partial charge is 0.234 e. The maximum absolute atomic E-state index is 14.5. The second kappa shape index (κ2) is 10.7. The van der Waals surface area contributed by atoms with Crippen LogP contribution in [0.15, 0.2) is 36.7 Å². The second-order valence-electron chi connectivity index (χ2n) is 7.68. The lowest BCUT2D eigenvalue weighted by Gasteiger charge is -2.33. The average Bonchev–Trinajstić information content (AvgIpc) is 2.79. The van der Waals surface area contributed by atoms with E-state index in [4.69, 9.17) is 26.8 Å². The molecule has 0 aliphatic carbocycles. The van der Waals surface area contributed by atoms with Crippen LogP contribution in [-0.2, 0) is 16.1 Å². The van der Waals surface area contributed by atoms with Crippen molar-refractivity contribution in [2.24, 2.45) is 5.73 Å². The van der Waals surface area contributed by atoms with Crippen molar-refractivity contribution in [2.75, 3.05) is 26.1 Å². The van der Waals surface area contributed by atoms with Crippen LogP contribution in [0.1, 0.15) is 19.4 Å². The summed E-state index contributed by atoms with van der Waals surface area (Å²) in [5.74, 6) is -0.0220. The topological polar surface area (TPSA) is 103 Å². The van der Waals surface area contributed by atoms with E-state index in [1.807, 2.05) is 17.9 Å². The largest absolute Gasteiger partial charge is 0.496 e. The summed E-state index contributed by atoms with van der Waals surface area (Å²) in [7, 11) is 3.16. The number of carbonyl (C=O) groups excluding carboxylic acids is 1. The van der Waals surface area contributed by atoms with Gasteiger partial charge in [0.2, 0.25) is 5.91 Å². The number of carbonyl (C=O) groups is 1. The van der Waals surface area contributed by atoms with Gasteiger partial charge in [-0.15, -0.1) is 0 Å². The first-order valence-electron chi connectivity index (χ1n) is 10.3. The normalized spacial score (nSPS) is 13.2. The number of primary amides is 1. The molecule has 1 heterocycles. The molecule has 0 spiro atoms. The summed E-state index contributed by atoms with van der Waals surface area (Å²) in [5, 5.41) is 3.65. The first kappa shape index (κ1) is 24.6. The Morgan fingerprint density at radius 2 is 2.03 bits per heavy atom. The van der Waals surface area contributed by atoms with E-state index in [0.717, 1.165) is 5.56 Å². The molecular formula is C23H27ClFN5O3. The molecule has 0 saturated carbocycles. The maximum atomic E-state index is 14.5. The highest BCUT2D eigenvalue weighted by molar-refractivity contribution is 6.31. The molecule has 0 aliphatic heterocycles. The highest BCUT2D eigenvalue weighted by Gasteiger charge is 2.26. The van der Waals surface area contributed by atoms with Crippen molar-refractivity contribution >= 4 is 39.9 Å². The number of ether oxygens (including phenoxy) is 2. The number of rotatable bonds is 10. The number of nitrogens with one attached hydrogen (secondary N) is 1. The van der Waals surface area contributed by atoms with E-state index in [1.165, 1.54) is 12.4 Å². The summed E-state index contributed by atoms with van der Waals surface area (Å²) >= 11 is 5.91. The lowest BCUT2D eigenvalue weighted by molar-refractivity contribution is -0.124. The van der Waals surface area contributed by atoms with E-state index in [9.17, 15) is 9.18 Å². The van der Waals surface area contributed by atoms with E-state index in [2.05, 4.69) is 15.3 Å². The van der Waals surface area contributed by atoms with Crippen molar-refractivity contribution in [2.45, 2.75) is 32.5 Å². The molecule has 1 aromatic heterocycles. The highest BCUT2D eigenvalue weighted by Crippen LogP contribution is 2.32. The van der Waals surface area contributed by atoms with Gasteiger partial charge < -0.3 is 20.5 Å². The monoisotopic (exact) mass is 475 g/mol. The zero-order valence-electron chi connectivity index (χ0n) is 18.9. The first-order valence-corrected chi connectivity index (χ1v) is 10.7. The van der Waals surface area contributed by atoms with Crippen LogP contribution in [0.5, 0.6) is 5.75 Å². The standard InChI is InChI=1S/C23H27ClFN5O3/c1-13(11-32-3)30(14(2)22(26)31)10-15-8-16-19(9-20(15)33-4)27-12-28-23(16)29-18-7-5-6-17(24)21(18)25/h5-9,12-14H,10-11H2,1-4H3,(H2,26,31)(H,27,28,29)/t13-,14-/m0/s1. The van der Waals surface area contributed by atoms with Crippen LogP contribution in [0.25, 0.3) is 10.9 Å². The summed E-state index contributed by atoms with van der Waals surface area (Å²) in [6.07, 6.45) is 1.38. The van der Waals surface area contributed by atoms with Crippen molar-refractivity contribution in [1.29, 1.82) is 0 Å². The summed E-state index contributed by atoms with van der Waals surface area (Å²) in [5.41, 5.74) is 7.17. The minimum absolute atomic E-state index is 0.00364. The van der Waals surface area contributed by atoms with Gasteiger partial charge in [-0.1, -0.05) is 17.7 Å². The van der Waals surface area contributed by atoms with Gasteiger partial charge in [-0.2, -0.15) is 0 Å². The molecule has 1 amide bonds. The van der Waals surface area contributed by atoms with Crippen molar-refractivity contribution in [1.82, 2.24) is 14.9 Å². The third-order valence-corrected chi connectivity index (χ3v) is 5.77. The molecule has 0 fully saturated rings. The number of amides is 1. The first-order chi connectivity index (χ1) is 15.8. The van der Waals surface area contributed by atoms with Gasteiger partial charge >= 0.3 is 0 Å². The van der Waals surface area contributed by atoms with Crippen LogP contribution in [0.4, 0.5) is 15.9 Å². The Kier molecular flexibility index (Phi) is 8.01. The number of hydrogen-bond acceptors (Lipinski definition) is 7. The van der Waals surface area contributed by atoms with Gasteiger partial charge in [0.1, 0.15) is 17.9 Å². The number of anilines is 2. The summed E-state index contributed by atoms with van der Waals surface area (Å²) < 4.78 is 25.3. The number of hydrogen-bond donors (Lipinski definition) is 2. The SMILES string of the molecule is COC[C@H](C)N(Cc1cc2c(Nc3cccc(Cl)c3F)ncnc2cc1OC)[C@@H](C)C(N)=O. The molecule has 33 heavy (non-hydrogen) atoms. The van der Waals surface area contributed by atoms with Gasteiger partial charge in [0, 0.05) is 36.7 Å². The summed E-state index contributed by atoms with van der Waals surface area (Å²) in [6.45, 7) is 4.47. The third-order valence-electron chi connectivity index (χ3n) is 5.48. The molecule has 3 aromatic rings. The van der Waals surface area contributed by atoms with Crippen LogP contribution >= 0.6 is 11.6 Å². The molecule has 2 aromatic carbocycles. The summed E-state index contributed by atoms with van der Waals surface area (Å²) in [6, 6.07) is 7.69. The highest BCUT2D eigenvalue weighted by atomic mass is 35.5. The number of fused-ring (bicyclic) bond motifs is 1. The Labute approximate surface area is 196 Å². The molecule has 0 bridgehead atoms. The van der Waals surface area contributed by atoms with E-state index in [0.29, 0.717) is 35.6 Å². The molecule has 8 nitrogen and oxygen atoms in total. The van der Waals surface area contributed by atoms with Crippen LogP contribution in [0, 0.1) is 5.82 Å². The molecule has 3 rings (SSSR count). The average molecular weight is 476 g/mol. The van der Waals surface area contributed by atoms with E-state index < -0.39 is 17.8 Å². The number of nitrogens with zero attached hydrogens (tertiary/aromatic N) is 3. The predicted molar refractivity (Wildman–Crippen MR) is 126 cm³/mol. The molecule has 0 aliphatic rings. The zero-order valence-corrected chi connectivity index (χ0v) is 19.7. The summed E-state index contributed by atoms with van der Waals surface area (Å²) in [4.78, 5) is 22.5. The van der Waals surface area contributed by atoms with Crippen LogP contribution in [0.3, 0.4) is 0 Å². The van der Waals surface area contributed by atoms with Crippen molar-refractivity contribution in [3.8, 4) is 5.75 Å². The van der Waals surface area contributed by atoms with Gasteiger partial charge in [-0.05, 0) is 32.0 Å². The molecule has 3 N–H and O–H groups in total. The van der Waals surface area contributed by atoms with E-state index in [-0.39, 0.29) is 16.8 Å². The Morgan fingerprint density at radius 3 is 2.70 bits per heavy atom. The van der Waals surface area contributed by atoms with Gasteiger partial charge in [0.25, 0.3) is 0 Å². The maximum Gasteiger partial charge on any atom is 0.234 e. The molecule has 0 saturated heterocycles. The molecule has 10 heteroatoms. The van der Waals surface area contributed by atoms with Crippen LogP contribution < -0.4 is 15.8 Å². The molecule has 176 valence electrons. The van der Waals surface area contributed by atoms with Gasteiger partial charge in [0.05, 0.1) is 36.0 Å². The van der Waals surface area contributed by atoms with Crippen molar-refractivity contribution in [3.05, 3.63) is 53.1 Å². The van der Waals surface area contributed by atoms with E-state index in [1.54, 1.807) is 39.3 Å². The number of methoxy groups -OCH3 is 2. The fourth-order valence-corrected chi connectivity index (χ4v) is 3.82. The van der Waals surface area contributed by atoms with Crippen molar-refractivity contribution in [3.63, 3.8) is 0 Å². The fourth-order valence-electron chi connectivity index (χ4n) is 3.64. The van der Waals surface area contributed by atoms with Gasteiger partial charge in [0.15, 0.2) is 5.82 Å². The van der Waals surface area contributed by atoms with Gasteiger partial charge in [-0.3, -0.25) is 9.69 Å². The van der Waals surface area contributed by atoms with Crippen LogP contribution in [0.2, 0.25) is 5.02 Å². The Balaban J connectivity index is 2.06. The quantitative estimate of drug-likeness (QED) is 0.458. The number of nitrogens with two attached hydrogens (primary N) is 1. The minimum atomic E-state index is -0.575. The predicted octanol–water partition coefficient (Wildman–Crippen LogP) is 3.89. The van der Waals surface area contributed by atoms with Crippen LogP contribution in [-0.4, -0.2) is 53.7 Å². The Bertz CT molecular complexity index is 1150. The Morgan fingerprint density at radius 1 is 1.27 bits per heavy atom. The lowest BCUT2D eigenvalue weighted by Crippen LogP contribution is -2.48. The zero-order chi connectivity index (χ0) is 24.1. The third kappa shape index (κ3) is 5.50.